The molecule has 4 nitrogen and oxygen atoms in total. The second-order valence-corrected chi connectivity index (χ2v) is 5.29. The van der Waals surface area contributed by atoms with E-state index in [1.54, 1.807) is 17.5 Å². The van der Waals surface area contributed by atoms with E-state index in [0.29, 0.717) is 5.69 Å². The molecule has 0 aromatic carbocycles. The van der Waals surface area contributed by atoms with E-state index in [4.69, 9.17) is 5.26 Å². The number of aryl methyl sites for hydroxylation is 2. The van der Waals surface area contributed by atoms with Gasteiger partial charge in [-0.1, -0.05) is 0 Å². The molecule has 2 aromatic rings. The minimum absolute atomic E-state index is 0.118. The van der Waals surface area contributed by atoms with Gasteiger partial charge in [0, 0.05) is 11.1 Å². The molecule has 0 radical (unpaired) electrons. The molecule has 2 aromatic heterocycles. The van der Waals surface area contributed by atoms with Gasteiger partial charge in [-0.2, -0.15) is 5.26 Å². The Morgan fingerprint density at radius 3 is 2.83 bits per heavy atom. The smallest absolute Gasteiger partial charge is 0.163 e. The van der Waals surface area contributed by atoms with Crippen molar-refractivity contribution in [3.05, 3.63) is 39.6 Å². The molecule has 5 heteroatoms. The third-order valence-electron chi connectivity index (χ3n) is 2.62. The van der Waals surface area contributed by atoms with Crippen molar-refractivity contribution in [2.45, 2.75) is 26.8 Å². The van der Waals surface area contributed by atoms with E-state index in [1.807, 2.05) is 26.0 Å². The molecule has 18 heavy (non-hydrogen) atoms. The second-order valence-electron chi connectivity index (χ2n) is 4.06. The first kappa shape index (κ1) is 12.5. The Bertz CT molecular complexity index is 597. The molecule has 0 amide bonds. The van der Waals surface area contributed by atoms with Gasteiger partial charge in [-0.25, -0.2) is 9.97 Å². The van der Waals surface area contributed by atoms with Gasteiger partial charge >= 0.3 is 0 Å². The van der Waals surface area contributed by atoms with Crippen LogP contribution >= 0.6 is 11.3 Å². The quantitative estimate of drug-likeness (QED) is 0.918. The van der Waals surface area contributed by atoms with Crippen molar-refractivity contribution in [3.8, 4) is 6.07 Å². The van der Waals surface area contributed by atoms with Crippen LogP contribution in [0.2, 0.25) is 0 Å². The number of nitriles is 1. The zero-order valence-electron chi connectivity index (χ0n) is 10.6. The van der Waals surface area contributed by atoms with E-state index in [-0.39, 0.29) is 6.04 Å². The fourth-order valence-corrected chi connectivity index (χ4v) is 2.79. The fraction of sp³-hybridized carbons (Fsp3) is 0.308. The van der Waals surface area contributed by atoms with Gasteiger partial charge in [0.25, 0.3) is 0 Å². The predicted molar refractivity (Wildman–Crippen MR) is 72.6 cm³/mol. The minimum atomic E-state index is 0.118. The normalized spacial score (nSPS) is 11.9. The summed E-state index contributed by atoms with van der Waals surface area (Å²) in [5.41, 5.74) is 2.22. The van der Waals surface area contributed by atoms with Gasteiger partial charge in [0.2, 0.25) is 0 Å². The minimum Gasteiger partial charge on any atom is -0.375 e. The van der Waals surface area contributed by atoms with E-state index >= 15 is 0 Å². The van der Waals surface area contributed by atoms with Crippen LogP contribution in [0.1, 0.15) is 34.2 Å². The summed E-state index contributed by atoms with van der Waals surface area (Å²) in [4.78, 5) is 9.64. The lowest BCUT2D eigenvalue weighted by Crippen LogP contribution is -2.08. The SMILES string of the molecule is Cc1nc(C)c(C(C)Nc2cccnc2C#N)s1. The van der Waals surface area contributed by atoms with Gasteiger partial charge in [0.1, 0.15) is 6.07 Å². The Kier molecular flexibility index (Phi) is 3.58. The monoisotopic (exact) mass is 258 g/mol. The summed E-state index contributed by atoms with van der Waals surface area (Å²) >= 11 is 1.68. The molecule has 0 spiro atoms. The molecule has 1 N–H and O–H groups in total. The summed E-state index contributed by atoms with van der Waals surface area (Å²) < 4.78 is 0. The molecule has 0 aliphatic rings. The fourth-order valence-electron chi connectivity index (χ4n) is 1.86. The Hall–Kier alpha value is -1.93. The summed E-state index contributed by atoms with van der Waals surface area (Å²) in [5.74, 6) is 0. The summed E-state index contributed by atoms with van der Waals surface area (Å²) in [6, 6.07) is 5.89. The standard InChI is InChI=1S/C13H14N4S/c1-8-13(18-10(3)16-8)9(2)17-11-5-4-6-15-12(11)7-14/h4-6,9,17H,1-3H3. The molecule has 0 bridgehead atoms. The van der Waals surface area contributed by atoms with Crippen molar-refractivity contribution < 1.29 is 0 Å². The lowest BCUT2D eigenvalue weighted by atomic mass is 10.2. The number of aromatic nitrogens is 2. The van der Waals surface area contributed by atoms with E-state index in [0.717, 1.165) is 16.4 Å². The predicted octanol–water partition coefficient (Wildman–Crippen LogP) is 3.20. The highest BCUT2D eigenvalue weighted by molar-refractivity contribution is 7.11. The van der Waals surface area contributed by atoms with Crippen molar-refractivity contribution in [2.24, 2.45) is 0 Å². The molecule has 0 aliphatic carbocycles. The van der Waals surface area contributed by atoms with Gasteiger partial charge in [-0.05, 0) is 32.9 Å². The van der Waals surface area contributed by atoms with E-state index in [1.165, 1.54) is 4.88 Å². The number of hydrogen-bond acceptors (Lipinski definition) is 5. The molecule has 2 rings (SSSR count). The van der Waals surface area contributed by atoms with Crippen LogP contribution in [0.15, 0.2) is 18.3 Å². The van der Waals surface area contributed by atoms with Gasteiger partial charge in [-0.3, -0.25) is 0 Å². The topological polar surface area (TPSA) is 61.6 Å². The van der Waals surface area contributed by atoms with Crippen molar-refractivity contribution in [3.63, 3.8) is 0 Å². The lowest BCUT2D eigenvalue weighted by Gasteiger charge is -2.14. The second kappa shape index (κ2) is 5.15. The van der Waals surface area contributed by atoms with Crippen LogP contribution in [0.5, 0.6) is 0 Å². The zero-order valence-corrected chi connectivity index (χ0v) is 11.4. The molecule has 0 saturated carbocycles. The Morgan fingerprint density at radius 2 is 2.22 bits per heavy atom. The summed E-state index contributed by atoms with van der Waals surface area (Å²) in [5, 5.41) is 13.4. The molecule has 0 fully saturated rings. The first-order valence-corrected chi connectivity index (χ1v) is 6.49. The molecule has 92 valence electrons. The van der Waals surface area contributed by atoms with E-state index < -0.39 is 0 Å². The highest BCUT2D eigenvalue weighted by Gasteiger charge is 2.14. The molecule has 0 aliphatic heterocycles. The average Bonchev–Trinajstić information content (AvgIpc) is 2.69. The van der Waals surface area contributed by atoms with Gasteiger partial charge in [0.05, 0.1) is 22.4 Å². The molecule has 2 heterocycles. The third-order valence-corrected chi connectivity index (χ3v) is 3.87. The van der Waals surface area contributed by atoms with Crippen molar-refractivity contribution >= 4 is 17.0 Å². The molecular formula is C13H14N4S. The molecule has 1 unspecified atom stereocenters. The first-order chi connectivity index (χ1) is 8.61. The largest absolute Gasteiger partial charge is 0.375 e. The van der Waals surface area contributed by atoms with Gasteiger partial charge in [-0.15, -0.1) is 11.3 Å². The van der Waals surface area contributed by atoms with E-state index in [9.17, 15) is 0 Å². The summed E-state index contributed by atoms with van der Waals surface area (Å²) in [6.07, 6.45) is 1.62. The van der Waals surface area contributed by atoms with Crippen molar-refractivity contribution in [2.75, 3.05) is 5.32 Å². The summed E-state index contributed by atoms with van der Waals surface area (Å²) in [7, 11) is 0. The average molecular weight is 258 g/mol. The van der Waals surface area contributed by atoms with E-state index in [2.05, 4.69) is 28.3 Å². The van der Waals surface area contributed by atoms with Gasteiger partial charge < -0.3 is 5.32 Å². The summed E-state index contributed by atoms with van der Waals surface area (Å²) in [6.45, 7) is 6.07. The zero-order chi connectivity index (χ0) is 13.1. The van der Waals surface area contributed by atoms with Crippen LogP contribution in [-0.2, 0) is 0 Å². The first-order valence-electron chi connectivity index (χ1n) is 5.67. The van der Waals surface area contributed by atoms with Crippen molar-refractivity contribution in [1.29, 1.82) is 5.26 Å². The van der Waals surface area contributed by atoms with Crippen LogP contribution in [-0.4, -0.2) is 9.97 Å². The van der Waals surface area contributed by atoms with Crippen LogP contribution in [0.3, 0.4) is 0 Å². The van der Waals surface area contributed by atoms with Crippen LogP contribution in [0, 0.1) is 25.2 Å². The van der Waals surface area contributed by atoms with Crippen LogP contribution in [0.25, 0.3) is 0 Å². The van der Waals surface area contributed by atoms with Crippen LogP contribution < -0.4 is 5.32 Å². The number of rotatable bonds is 3. The molecular weight excluding hydrogens is 244 g/mol. The Labute approximate surface area is 110 Å². The maximum Gasteiger partial charge on any atom is 0.163 e. The number of pyridine rings is 1. The number of hydrogen-bond donors (Lipinski definition) is 1. The Morgan fingerprint density at radius 1 is 1.44 bits per heavy atom. The number of nitrogens with zero attached hydrogens (tertiary/aromatic N) is 3. The molecule has 0 saturated heterocycles. The van der Waals surface area contributed by atoms with Crippen molar-refractivity contribution in [1.82, 2.24) is 9.97 Å². The number of thiazole rings is 1. The maximum atomic E-state index is 9.00. The van der Waals surface area contributed by atoms with Crippen LogP contribution in [0.4, 0.5) is 5.69 Å². The lowest BCUT2D eigenvalue weighted by molar-refractivity contribution is 0.886. The number of anilines is 1. The maximum absolute atomic E-state index is 9.00. The third kappa shape index (κ3) is 2.49. The molecule has 1 atom stereocenters. The highest BCUT2D eigenvalue weighted by atomic mass is 32.1. The Balaban J connectivity index is 2.24. The highest BCUT2D eigenvalue weighted by Crippen LogP contribution is 2.28. The van der Waals surface area contributed by atoms with Gasteiger partial charge in [0.15, 0.2) is 5.69 Å². The number of nitrogens with one attached hydrogen (secondary N) is 1.